The Labute approximate surface area is 228 Å². The summed E-state index contributed by atoms with van der Waals surface area (Å²) in [6, 6.07) is 6.41. The number of nitrogens with zero attached hydrogens (tertiary/aromatic N) is 4. The van der Waals surface area contributed by atoms with Gasteiger partial charge in [0.25, 0.3) is 0 Å². The largest absolute Gasteiger partial charge is 0.416 e. The molecule has 1 unspecified atom stereocenters. The second-order valence-corrected chi connectivity index (χ2v) is 8.61. The third-order valence-corrected chi connectivity index (χ3v) is 5.40. The molecule has 13 heteroatoms. The summed E-state index contributed by atoms with van der Waals surface area (Å²) in [5, 5.41) is 5.66. The number of nitrogens with one attached hydrogen (secondary N) is 2. The summed E-state index contributed by atoms with van der Waals surface area (Å²) < 4.78 is 77.5. The van der Waals surface area contributed by atoms with Gasteiger partial charge in [-0.05, 0) is 49.2 Å². The minimum Gasteiger partial charge on any atom is -0.355 e. The molecule has 7 nitrogen and oxygen atoms in total. The highest BCUT2D eigenvalue weighted by Gasteiger charge is 2.37. The predicted octanol–water partition coefficient (Wildman–Crippen LogP) is 6.74. The van der Waals surface area contributed by atoms with Crippen molar-refractivity contribution in [2.45, 2.75) is 51.9 Å². The van der Waals surface area contributed by atoms with E-state index in [1.807, 2.05) is 32.9 Å². The number of benzene rings is 1. The van der Waals surface area contributed by atoms with E-state index in [2.05, 4.69) is 30.6 Å². The van der Waals surface area contributed by atoms with Crippen molar-refractivity contribution in [1.29, 1.82) is 0 Å². The molecule has 0 fully saturated rings. The van der Waals surface area contributed by atoms with E-state index in [0.29, 0.717) is 30.9 Å². The monoisotopic (exact) mass is 568 g/mol. The maximum atomic E-state index is 12.9. The van der Waals surface area contributed by atoms with Crippen LogP contribution in [0.1, 0.15) is 56.5 Å². The van der Waals surface area contributed by atoms with Crippen LogP contribution in [0.5, 0.6) is 0 Å². The Kier molecular flexibility index (Phi) is 12.0. The first-order chi connectivity index (χ1) is 18.8. The lowest BCUT2D eigenvalue weighted by Gasteiger charge is -2.15. The number of halogens is 6. The van der Waals surface area contributed by atoms with Gasteiger partial charge >= 0.3 is 12.4 Å². The number of carbonyl (C=O) groups excluding carboxylic acids is 1. The minimum absolute atomic E-state index is 0.0249. The quantitative estimate of drug-likeness (QED) is 0.169. The Morgan fingerprint density at radius 3 is 2.25 bits per heavy atom. The summed E-state index contributed by atoms with van der Waals surface area (Å²) in [4.78, 5) is 27.2. The van der Waals surface area contributed by atoms with E-state index >= 15 is 0 Å². The number of hydrogen-bond donors (Lipinski definition) is 2. The van der Waals surface area contributed by atoms with Crippen LogP contribution in [0.3, 0.4) is 0 Å². The first-order valence-corrected chi connectivity index (χ1v) is 12.4. The molecule has 1 aromatic carbocycles. The maximum Gasteiger partial charge on any atom is 0.416 e. The Morgan fingerprint density at radius 2 is 1.70 bits per heavy atom. The molecule has 0 aliphatic rings. The van der Waals surface area contributed by atoms with Gasteiger partial charge in [0.2, 0.25) is 5.91 Å². The fourth-order valence-corrected chi connectivity index (χ4v) is 3.07. The van der Waals surface area contributed by atoms with Gasteiger partial charge in [-0.3, -0.25) is 14.8 Å². The lowest BCUT2D eigenvalue weighted by atomic mass is 10.0. The molecule has 2 aromatic heterocycles. The molecule has 0 saturated heterocycles. The molecule has 0 bridgehead atoms. The molecule has 2 N–H and O–H groups in total. The van der Waals surface area contributed by atoms with Crippen LogP contribution in [-0.2, 0) is 17.1 Å². The van der Waals surface area contributed by atoms with Crippen LogP contribution >= 0.6 is 0 Å². The molecule has 0 spiro atoms. The first-order valence-electron chi connectivity index (χ1n) is 12.4. The average Bonchev–Trinajstić information content (AvgIpc) is 2.93. The lowest BCUT2D eigenvalue weighted by Crippen LogP contribution is -2.26. The molecule has 1 atom stereocenters. The van der Waals surface area contributed by atoms with Gasteiger partial charge in [0.1, 0.15) is 12.4 Å². The van der Waals surface area contributed by atoms with Crippen LogP contribution in [-0.4, -0.2) is 40.3 Å². The molecule has 1 amide bonds. The molecule has 3 aromatic rings. The summed E-state index contributed by atoms with van der Waals surface area (Å²) in [6.45, 7) is 6.56. The van der Waals surface area contributed by atoms with Crippen molar-refractivity contribution < 1.29 is 31.1 Å². The number of aliphatic imine (C=N–C) groups is 1. The van der Waals surface area contributed by atoms with Gasteiger partial charge in [0, 0.05) is 30.4 Å². The van der Waals surface area contributed by atoms with Crippen molar-refractivity contribution in [3.63, 3.8) is 0 Å². The maximum absolute atomic E-state index is 12.9. The van der Waals surface area contributed by atoms with Gasteiger partial charge in [-0.1, -0.05) is 20.8 Å². The number of carbonyl (C=O) groups is 1. The molecule has 3 rings (SSSR count). The van der Waals surface area contributed by atoms with E-state index in [1.165, 1.54) is 18.6 Å². The zero-order valence-corrected chi connectivity index (χ0v) is 22.1. The molecule has 0 aliphatic heterocycles. The molecule has 216 valence electrons. The lowest BCUT2D eigenvalue weighted by molar-refractivity contribution is -0.143. The minimum atomic E-state index is -4.89. The van der Waals surface area contributed by atoms with E-state index in [-0.39, 0.29) is 35.7 Å². The molecular formula is C27H30F6N6O. The van der Waals surface area contributed by atoms with Crippen molar-refractivity contribution in [1.82, 2.24) is 20.3 Å². The van der Waals surface area contributed by atoms with Gasteiger partial charge < -0.3 is 10.6 Å². The standard InChI is InChI=1S/C16H14F6N2.C11H16N4O/c1-3-9(2)14-23-5-4-13(24-14)10-6-11(15(17,18)19)8-12(7-10)16(20,21)22;1-2-5-14-11(16)8-13-9-15-10-4-3-6-12-7-10/h4-9H,3H2,1-2H3;3-4,6-7,9H,2,5,8H2,1H3,(H,13,15)(H,14,16). The Hall–Kier alpha value is -4.03. The normalized spacial score (nSPS) is 12.4. The van der Waals surface area contributed by atoms with Crippen molar-refractivity contribution in [3.05, 3.63) is 71.9 Å². The van der Waals surface area contributed by atoms with E-state index in [4.69, 9.17) is 0 Å². The predicted molar refractivity (Wildman–Crippen MR) is 141 cm³/mol. The summed E-state index contributed by atoms with van der Waals surface area (Å²) in [5.41, 5.74) is -2.10. The SMILES string of the molecule is CCC(C)c1nccc(-c2cc(C(F)(F)F)cc(C(F)(F)F)c2)n1.CCCNC(=O)CN=CNc1cccnc1. The van der Waals surface area contributed by atoms with Crippen LogP contribution in [0, 0.1) is 0 Å². The summed E-state index contributed by atoms with van der Waals surface area (Å²) in [5.74, 6) is 0.255. The van der Waals surface area contributed by atoms with Crippen LogP contribution in [0.2, 0.25) is 0 Å². The summed E-state index contributed by atoms with van der Waals surface area (Å²) >= 11 is 0. The van der Waals surface area contributed by atoms with Crippen LogP contribution in [0.25, 0.3) is 11.3 Å². The Bertz CT molecular complexity index is 1220. The molecular weight excluding hydrogens is 538 g/mol. The van der Waals surface area contributed by atoms with E-state index < -0.39 is 23.5 Å². The fourth-order valence-electron chi connectivity index (χ4n) is 3.07. The highest BCUT2D eigenvalue weighted by molar-refractivity contribution is 5.81. The third kappa shape index (κ3) is 10.6. The van der Waals surface area contributed by atoms with Crippen LogP contribution < -0.4 is 10.6 Å². The second kappa shape index (κ2) is 14.9. The number of amides is 1. The van der Waals surface area contributed by atoms with E-state index in [1.54, 1.807) is 12.4 Å². The van der Waals surface area contributed by atoms with Crippen LogP contribution in [0.4, 0.5) is 32.0 Å². The molecule has 2 heterocycles. The second-order valence-electron chi connectivity index (χ2n) is 8.61. The van der Waals surface area contributed by atoms with Crippen molar-refractivity contribution in [2.75, 3.05) is 18.4 Å². The average molecular weight is 569 g/mol. The number of aromatic nitrogens is 3. The topological polar surface area (TPSA) is 92.2 Å². The number of rotatable bonds is 9. The zero-order chi connectivity index (χ0) is 29.8. The third-order valence-electron chi connectivity index (χ3n) is 5.40. The molecule has 40 heavy (non-hydrogen) atoms. The summed E-state index contributed by atoms with van der Waals surface area (Å²) in [7, 11) is 0. The fraction of sp³-hybridized carbons (Fsp3) is 0.370. The number of anilines is 1. The highest BCUT2D eigenvalue weighted by Crippen LogP contribution is 2.38. The van der Waals surface area contributed by atoms with Crippen molar-refractivity contribution in [3.8, 4) is 11.3 Å². The van der Waals surface area contributed by atoms with Crippen molar-refractivity contribution >= 4 is 17.9 Å². The Balaban J connectivity index is 0.000000305. The van der Waals surface area contributed by atoms with Gasteiger partial charge in [-0.2, -0.15) is 26.3 Å². The zero-order valence-electron chi connectivity index (χ0n) is 22.1. The molecule has 0 aliphatic carbocycles. The van der Waals surface area contributed by atoms with E-state index in [9.17, 15) is 31.1 Å². The first kappa shape index (κ1) is 32.2. The molecule has 0 radical (unpaired) electrons. The van der Waals surface area contributed by atoms with Gasteiger partial charge in [0.05, 0.1) is 35.0 Å². The number of pyridine rings is 1. The van der Waals surface area contributed by atoms with Gasteiger partial charge in [0.15, 0.2) is 0 Å². The highest BCUT2D eigenvalue weighted by atomic mass is 19.4. The molecule has 0 saturated carbocycles. The summed E-state index contributed by atoms with van der Waals surface area (Å²) in [6.07, 6.45) is -1.93. The smallest absolute Gasteiger partial charge is 0.355 e. The van der Waals surface area contributed by atoms with Gasteiger partial charge in [-0.15, -0.1) is 0 Å². The Morgan fingerprint density at radius 1 is 1.02 bits per heavy atom. The number of alkyl halides is 6. The number of hydrogen-bond acceptors (Lipinski definition) is 5. The van der Waals surface area contributed by atoms with Crippen LogP contribution in [0.15, 0.2) is 60.0 Å². The van der Waals surface area contributed by atoms with E-state index in [0.717, 1.165) is 12.1 Å². The van der Waals surface area contributed by atoms with Crippen molar-refractivity contribution in [2.24, 2.45) is 4.99 Å². The van der Waals surface area contributed by atoms with Gasteiger partial charge in [-0.25, -0.2) is 9.97 Å².